The molecule has 2 rings (SSSR count). The molecule has 0 bridgehead atoms. The fourth-order valence-corrected chi connectivity index (χ4v) is 3.32. The van der Waals surface area contributed by atoms with Crippen molar-refractivity contribution in [1.29, 1.82) is 0 Å². The monoisotopic (exact) mass is 296 g/mol. The molecule has 4 heteroatoms. The summed E-state index contributed by atoms with van der Waals surface area (Å²) in [7, 11) is 3.09. The SMILES string of the molecule is COc1ccc(CC(O)C(OC)C2CCCCC2)cc1F. The molecule has 0 radical (unpaired) electrons. The van der Waals surface area contributed by atoms with Gasteiger partial charge in [-0.25, -0.2) is 4.39 Å². The zero-order chi connectivity index (χ0) is 15.2. The van der Waals surface area contributed by atoms with Gasteiger partial charge in [-0.1, -0.05) is 25.3 Å². The lowest BCUT2D eigenvalue weighted by Gasteiger charge is -2.32. The van der Waals surface area contributed by atoms with Gasteiger partial charge in [-0.05, 0) is 36.5 Å². The molecule has 2 unspecified atom stereocenters. The Bertz CT molecular complexity index is 444. The van der Waals surface area contributed by atoms with Crippen LogP contribution < -0.4 is 4.74 Å². The van der Waals surface area contributed by atoms with Crippen LogP contribution in [0.1, 0.15) is 37.7 Å². The molecule has 0 amide bonds. The molecule has 21 heavy (non-hydrogen) atoms. The molecule has 3 nitrogen and oxygen atoms in total. The summed E-state index contributed by atoms with van der Waals surface area (Å²) >= 11 is 0. The second-order valence-corrected chi connectivity index (χ2v) is 5.84. The van der Waals surface area contributed by atoms with E-state index in [1.54, 1.807) is 19.2 Å². The Morgan fingerprint density at radius 3 is 2.52 bits per heavy atom. The van der Waals surface area contributed by atoms with Crippen molar-refractivity contribution in [2.75, 3.05) is 14.2 Å². The number of hydrogen-bond acceptors (Lipinski definition) is 3. The van der Waals surface area contributed by atoms with Gasteiger partial charge in [0.2, 0.25) is 0 Å². The van der Waals surface area contributed by atoms with Crippen molar-refractivity contribution < 1.29 is 19.0 Å². The standard InChI is InChI=1S/C17H25FO3/c1-20-16-9-8-12(10-14(16)18)11-15(19)17(21-2)13-6-4-3-5-7-13/h8-10,13,15,17,19H,3-7,11H2,1-2H3. The topological polar surface area (TPSA) is 38.7 Å². The van der Waals surface area contributed by atoms with Gasteiger partial charge in [-0.2, -0.15) is 0 Å². The van der Waals surface area contributed by atoms with Gasteiger partial charge in [0, 0.05) is 13.5 Å². The predicted molar refractivity (Wildman–Crippen MR) is 80.0 cm³/mol. The van der Waals surface area contributed by atoms with Crippen molar-refractivity contribution in [3.63, 3.8) is 0 Å². The normalized spacial score (nSPS) is 19.2. The minimum Gasteiger partial charge on any atom is -0.494 e. The molecular formula is C17H25FO3. The van der Waals surface area contributed by atoms with Crippen LogP contribution in [-0.4, -0.2) is 31.5 Å². The summed E-state index contributed by atoms with van der Waals surface area (Å²) in [4.78, 5) is 0. The highest BCUT2D eigenvalue weighted by molar-refractivity contribution is 5.29. The molecule has 1 N–H and O–H groups in total. The van der Waals surface area contributed by atoms with Crippen LogP contribution in [0.25, 0.3) is 0 Å². The smallest absolute Gasteiger partial charge is 0.165 e. The molecule has 1 aromatic rings. The third-order valence-electron chi connectivity index (χ3n) is 4.43. The van der Waals surface area contributed by atoms with E-state index in [1.165, 1.54) is 32.4 Å². The lowest BCUT2D eigenvalue weighted by atomic mass is 9.82. The molecule has 0 aromatic heterocycles. The molecule has 0 saturated heterocycles. The van der Waals surface area contributed by atoms with Crippen LogP contribution in [0, 0.1) is 11.7 Å². The Labute approximate surface area is 126 Å². The number of benzene rings is 1. The van der Waals surface area contributed by atoms with E-state index in [1.807, 2.05) is 0 Å². The number of ether oxygens (including phenoxy) is 2. The lowest BCUT2D eigenvalue weighted by molar-refractivity contribution is -0.0535. The number of rotatable bonds is 6. The largest absolute Gasteiger partial charge is 0.494 e. The highest BCUT2D eigenvalue weighted by Crippen LogP contribution is 2.30. The number of methoxy groups -OCH3 is 2. The second-order valence-electron chi connectivity index (χ2n) is 5.84. The molecular weight excluding hydrogens is 271 g/mol. The van der Waals surface area contributed by atoms with Gasteiger partial charge in [0.1, 0.15) is 0 Å². The van der Waals surface area contributed by atoms with Crippen LogP contribution >= 0.6 is 0 Å². The van der Waals surface area contributed by atoms with Crippen LogP contribution in [0.4, 0.5) is 4.39 Å². The first-order valence-corrected chi connectivity index (χ1v) is 7.69. The third-order valence-corrected chi connectivity index (χ3v) is 4.43. The second kappa shape index (κ2) is 7.76. The van der Waals surface area contributed by atoms with Gasteiger partial charge in [-0.15, -0.1) is 0 Å². The van der Waals surface area contributed by atoms with Crippen LogP contribution in [0.5, 0.6) is 5.75 Å². The first kappa shape index (κ1) is 16.2. The van der Waals surface area contributed by atoms with E-state index in [0.29, 0.717) is 12.3 Å². The molecule has 1 saturated carbocycles. The maximum absolute atomic E-state index is 13.7. The summed E-state index contributed by atoms with van der Waals surface area (Å²) in [5.74, 6) is 0.236. The van der Waals surface area contributed by atoms with Gasteiger partial charge in [0.25, 0.3) is 0 Å². The summed E-state index contributed by atoms with van der Waals surface area (Å²) in [6.45, 7) is 0. The highest BCUT2D eigenvalue weighted by atomic mass is 19.1. The van der Waals surface area contributed by atoms with E-state index >= 15 is 0 Å². The third kappa shape index (κ3) is 4.17. The molecule has 1 fully saturated rings. The Morgan fingerprint density at radius 2 is 1.95 bits per heavy atom. The Balaban J connectivity index is 2.01. The number of aliphatic hydroxyl groups is 1. The van der Waals surface area contributed by atoms with E-state index in [4.69, 9.17) is 9.47 Å². The van der Waals surface area contributed by atoms with Gasteiger partial charge in [0.05, 0.1) is 19.3 Å². The lowest BCUT2D eigenvalue weighted by Crippen LogP contribution is -2.37. The Hall–Kier alpha value is -1.13. The number of halogens is 1. The van der Waals surface area contributed by atoms with E-state index in [2.05, 4.69) is 0 Å². The van der Waals surface area contributed by atoms with Gasteiger partial charge >= 0.3 is 0 Å². The van der Waals surface area contributed by atoms with Crippen LogP contribution in [0.15, 0.2) is 18.2 Å². The molecule has 0 spiro atoms. The average Bonchev–Trinajstić information content (AvgIpc) is 2.49. The predicted octanol–water partition coefficient (Wildman–Crippen LogP) is 3.33. The Morgan fingerprint density at radius 1 is 1.24 bits per heavy atom. The van der Waals surface area contributed by atoms with Crippen LogP contribution in [0.3, 0.4) is 0 Å². The first-order valence-electron chi connectivity index (χ1n) is 7.69. The van der Waals surface area contributed by atoms with E-state index in [0.717, 1.165) is 18.4 Å². The fraction of sp³-hybridized carbons (Fsp3) is 0.647. The van der Waals surface area contributed by atoms with Crippen molar-refractivity contribution in [2.45, 2.75) is 50.7 Å². The molecule has 1 aliphatic rings. The maximum atomic E-state index is 13.7. The molecule has 118 valence electrons. The minimum absolute atomic E-state index is 0.171. The summed E-state index contributed by atoms with van der Waals surface area (Å²) in [6, 6.07) is 4.81. The van der Waals surface area contributed by atoms with Gasteiger partial charge in [-0.3, -0.25) is 0 Å². The van der Waals surface area contributed by atoms with Crippen molar-refractivity contribution in [3.05, 3.63) is 29.6 Å². The van der Waals surface area contributed by atoms with Crippen molar-refractivity contribution in [1.82, 2.24) is 0 Å². The van der Waals surface area contributed by atoms with Crippen molar-refractivity contribution >= 4 is 0 Å². The number of aliphatic hydroxyl groups excluding tert-OH is 1. The first-order chi connectivity index (χ1) is 10.2. The minimum atomic E-state index is -0.606. The van der Waals surface area contributed by atoms with Crippen molar-refractivity contribution in [3.8, 4) is 5.75 Å². The Kier molecular flexibility index (Phi) is 6.00. The maximum Gasteiger partial charge on any atom is 0.165 e. The number of hydrogen-bond donors (Lipinski definition) is 1. The highest BCUT2D eigenvalue weighted by Gasteiger charge is 2.29. The molecule has 1 aliphatic carbocycles. The van der Waals surface area contributed by atoms with E-state index < -0.39 is 11.9 Å². The molecule has 1 aromatic carbocycles. The van der Waals surface area contributed by atoms with E-state index in [9.17, 15) is 9.50 Å². The van der Waals surface area contributed by atoms with Gasteiger partial charge in [0.15, 0.2) is 11.6 Å². The van der Waals surface area contributed by atoms with Crippen LogP contribution in [-0.2, 0) is 11.2 Å². The van der Waals surface area contributed by atoms with E-state index in [-0.39, 0.29) is 11.9 Å². The molecule has 0 heterocycles. The summed E-state index contributed by atoms with van der Waals surface area (Å²) in [5.41, 5.74) is 0.763. The summed E-state index contributed by atoms with van der Waals surface area (Å²) in [5, 5.41) is 10.5. The zero-order valence-corrected chi connectivity index (χ0v) is 12.8. The summed E-state index contributed by atoms with van der Waals surface area (Å²) < 4.78 is 24.1. The van der Waals surface area contributed by atoms with Gasteiger partial charge < -0.3 is 14.6 Å². The fourth-order valence-electron chi connectivity index (χ4n) is 3.32. The quantitative estimate of drug-likeness (QED) is 0.875. The van der Waals surface area contributed by atoms with Crippen LogP contribution in [0.2, 0.25) is 0 Å². The van der Waals surface area contributed by atoms with Crippen molar-refractivity contribution in [2.24, 2.45) is 5.92 Å². The average molecular weight is 296 g/mol. The zero-order valence-electron chi connectivity index (χ0n) is 12.8. The molecule has 2 atom stereocenters. The summed E-state index contributed by atoms with van der Waals surface area (Å²) in [6.07, 6.45) is 5.51. The molecule has 0 aliphatic heterocycles.